The quantitative estimate of drug-likeness (QED) is 0.748. The van der Waals surface area contributed by atoms with Crippen molar-refractivity contribution in [3.05, 3.63) is 35.9 Å². The summed E-state index contributed by atoms with van der Waals surface area (Å²) in [6.07, 6.45) is 0.385. The second-order valence-electron chi connectivity index (χ2n) is 7.34. The van der Waals surface area contributed by atoms with Gasteiger partial charge >= 0.3 is 5.97 Å². The fourth-order valence-electron chi connectivity index (χ4n) is 2.98. The molecule has 1 aromatic rings. The molecule has 1 unspecified atom stereocenters. The highest BCUT2D eigenvalue weighted by atomic mass is 35.5. The van der Waals surface area contributed by atoms with Gasteiger partial charge in [-0.1, -0.05) is 30.3 Å². The predicted octanol–water partition coefficient (Wildman–Crippen LogP) is 0.991. The molecule has 2 amide bonds. The van der Waals surface area contributed by atoms with E-state index in [1.165, 1.54) is 9.80 Å². The molecule has 1 aliphatic rings. The minimum Gasteiger partial charge on any atom is -0.459 e. The van der Waals surface area contributed by atoms with Gasteiger partial charge in [-0.25, -0.2) is 0 Å². The van der Waals surface area contributed by atoms with Gasteiger partial charge in [-0.2, -0.15) is 0 Å². The van der Waals surface area contributed by atoms with Crippen LogP contribution in [0.4, 0.5) is 0 Å². The number of ether oxygens (including phenoxy) is 1. The van der Waals surface area contributed by atoms with E-state index < -0.39 is 17.6 Å². The maximum absolute atomic E-state index is 12.9. The number of piperazine rings is 1. The molecule has 0 radical (unpaired) electrons. The Morgan fingerprint density at radius 3 is 2.37 bits per heavy atom. The zero-order valence-electron chi connectivity index (χ0n) is 16.0. The lowest BCUT2D eigenvalue weighted by atomic mass is 10.0. The molecule has 0 aliphatic carbocycles. The molecular weight excluding hydrogens is 370 g/mol. The van der Waals surface area contributed by atoms with E-state index in [-0.39, 0.29) is 43.9 Å². The molecule has 0 spiro atoms. The van der Waals surface area contributed by atoms with Crippen LogP contribution >= 0.6 is 12.4 Å². The van der Waals surface area contributed by atoms with Gasteiger partial charge in [0, 0.05) is 19.5 Å². The number of nitrogens with two attached hydrogens (primary N) is 1. The average molecular weight is 398 g/mol. The molecule has 1 fully saturated rings. The van der Waals surface area contributed by atoms with Gasteiger partial charge in [-0.05, 0) is 26.3 Å². The fourth-order valence-corrected chi connectivity index (χ4v) is 2.98. The summed E-state index contributed by atoms with van der Waals surface area (Å²) in [5.41, 5.74) is 5.83. The lowest BCUT2D eigenvalue weighted by molar-refractivity contribution is -0.162. The van der Waals surface area contributed by atoms with Crippen LogP contribution in [0.3, 0.4) is 0 Å². The molecule has 0 saturated carbocycles. The van der Waals surface area contributed by atoms with Crippen molar-refractivity contribution in [3.8, 4) is 0 Å². The molecule has 1 aromatic carbocycles. The molecule has 1 atom stereocenters. The molecular formula is C19H28ClN3O4. The Balaban J connectivity index is 0.00000364. The number of carbonyl (C=O) groups excluding carboxylic acids is 3. The number of rotatable bonds is 5. The third-order valence-electron chi connectivity index (χ3n) is 4.09. The van der Waals surface area contributed by atoms with Gasteiger partial charge in [0.15, 0.2) is 0 Å². The number of halogens is 1. The highest BCUT2D eigenvalue weighted by Crippen LogP contribution is 2.17. The van der Waals surface area contributed by atoms with Gasteiger partial charge in [-0.15, -0.1) is 12.4 Å². The van der Waals surface area contributed by atoms with Crippen LogP contribution in [0.5, 0.6) is 0 Å². The minimum atomic E-state index is -0.662. The van der Waals surface area contributed by atoms with Crippen molar-refractivity contribution in [2.24, 2.45) is 5.73 Å². The Labute approximate surface area is 166 Å². The van der Waals surface area contributed by atoms with Crippen molar-refractivity contribution >= 4 is 30.2 Å². The molecule has 27 heavy (non-hydrogen) atoms. The molecule has 1 heterocycles. The van der Waals surface area contributed by atoms with E-state index in [9.17, 15) is 14.4 Å². The summed E-state index contributed by atoms with van der Waals surface area (Å²) in [6, 6.07) is 8.82. The molecule has 150 valence electrons. The Bertz CT molecular complexity index is 661. The first-order chi connectivity index (χ1) is 12.2. The number of esters is 1. The largest absolute Gasteiger partial charge is 0.459 e. The smallest absolute Gasteiger partial charge is 0.326 e. The van der Waals surface area contributed by atoms with Crippen molar-refractivity contribution in [2.75, 3.05) is 26.2 Å². The van der Waals surface area contributed by atoms with Gasteiger partial charge in [0.25, 0.3) is 0 Å². The zero-order valence-corrected chi connectivity index (χ0v) is 16.8. The SMILES string of the molecule is CC(C)(C)OC(=O)CN1CCN(C(=O)CN)C(Cc2ccccc2)C1=O.Cl. The first kappa shape index (κ1) is 22.9. The van der Waals surface area contributed by atoms with Crippen LogP contribution < -0.4 is 5.73 Å². The number of hydrogen-bond donors (Lipinski definition) is 1. The number of hydrogen-bond acceptors (Lipinski definition) is 5. The van der Waals surface area contributed by atoms with Gasteiger partial charge in [0.2, 0.25) is 11.8 Å². The van der Waals surface area contributed by atoms with Crippen molar-refractivity contribution in [3.63, 3.8) is 0 Å². The van der Waals surface area contributed by atoms with Crippen molar-refractivity contribution in [1.82, 2.24) is 9.80 Å². The molecule has 1 saturated heterocycles. The Kier molecular flexibility index (Phi) is 8.24. The van der Waals surface area contributed by atoms with Crippen LogP contribution in [0, 0.1) is 0 Å². The number of amides is 2. The van der Waals surface area contributed by atoms with Crippen LogP contribution in [-0.4, -0.2) is 65.4 Å². The molecule has 2 N–H and O–H groups in total. The molecule has 7 nitrogen and oxygen atoms in total. The van der Waals surface area contributed by atoms with Crippen molar-refractivity contribution in [1.29, 1.82) is 0 Å². The summed E-state index contributed by atoms with van der Waals surface area (Å²) in [6.45, 7) is 5.71. The summed E-state index contributed by atoms with van der Waals surface area (Å²) < 4.78 is 5.30. The van der Waals surface area contributed by atoms with E-state index >= 15 is 0 Å². The number of benzene rings is 1. The van der Waals surface area contributed by atoms with Crippen LogP contribution in [0.25, 0.3) is 0 Å². The number of nitrogens with zero attached hydrogens (tertiary/aromatic N) is 2. The zero-order chi connectivity index (χ0) is 19.3. The van der Waals surface area contributed by atoms with Crippen molar-refractivity contribution < 1.29 is 19.1 Å². The first-order valence-electron chi connectivity index (χ1n) is 8.75. The second-order valence-corrected chi connectivity index (χ2v) is 7.34. The minimum absolute atomic E-state index is 0. The standard InChI is InChI=1S/C19H27N3O4.ClH/c1-19(2,3)26-17(24)13-21-9-10-22(16(23)12-20)15(18(21)25)11-14-7-5-4-6-8-14;/h4-8,15H,9-13,20H2,1-3H3;1H. The monoisotopic (exact) mass is 397 g/mol. The highest BCUT2D eigenvalue weighted by molar-refractivity contribution is 5.91. The molecule has 0 bridgehead atoms. The molecule has 8 heteroatoms. The molecule has 2 rings (SSSR count). The van der Waals surface area contributed by atoms with Gasteiger partial charge < -0.3 is 20.3 Å². The van der Waals surface area contributed by atoms with Crippen molar-refractivity contribution in [2.45, 2.75) is 38.8 Å². The summed E-state index contributed by atoms with van der Waals surface area (Å²) >= 11 is 0. The van der Waals surface area contributed by atoms with E-state index in [1.807, 2.05) is 30.3 Å². The third-order valence-corrected chi connectivity index (χ3v) is 4.09. The summed E-state index contributed by atoms with van der Waals surface area (Å²) in [5, 5.41) is 0. The lowest BCUT2D eigenvalue weighted by Gasteiger charge is -2.40. The average Bonchev–Trinajstić information content (AvgIpc) is 2.57. The van der Waals surface area contributed by atoms with Crippen LogP contribution in [0.2, 0.25) is 0 Å². The maximum Gasteiger partial charge on any atom is 0.326 e. The summed E-state index contributed by atoms with van der Waals surface area (Å²) in [7, 11) is 0. The third kappa shape index (κ3) is 6.52. The number of carbonyl (C=O) groups is 3. The van der Waals surface area contributed by atoms with E-state index in [2.05, 4.69) is 0 Å². The maximum atomic E-state index is 12.9. The Morgan fingerprint density at radius 2 is 1.81 bits per heavy atom. The van der Waals surface area contributed by atoms with Crippen LogP contribution in [-0.2, 0) is 25.5 Å². The van der Waals surface area contributed by atoms with Gasteiger partial charge in [-0.3, -0.25) is 14.4 Å². The highest BCUT2D eigenvalue weighted by Gasteiger charge is 2.38. The van der Waals surface area contributed by atoms with Crippen LogP contribution in [0.15, 0.2) is 30.3 Å². The summed E-state index contributed by atoms with van der Waals surface area (Å²) in [4.78, 5) is 40.2. The lowest BCUT2D eigenvalue weighted by Crippen LogP contribution is -2.61. The molecule has 0 aromatic heterocycles. The van der Waals surface area contributed by atoms with Crippen LogP contribution in [0.1, 0.15) is 26.3 Å². The van der Waals surface area contributed by atoms with Gasteiger partial charge in [0.05, 0.1) is 6.54 Å². The van der Waals surface area contributed by atoms with E-state index in [0.717, 1.165) is 5.56 Å². The normalized spacial score (nSPS) is 17.3. The Morgan fingerprint density at radius 1 is 1.19 bits per heavy atom. The van der Waals surface area contributed by atoms with E-state index in [0.29, 0.717) is 13.0 Å². The van der Waals surface area contributed by atoms with E-state index in [4.69, 9.17) is 10.5 Å². The fraction of sp³-hybridized carbons (Fsp3) is 0.526. The predicted molar refractivity (Wildman–Crippen MR) is 104 cm³/mol. The van der Waals surface area contributed by atoms with E-state index in [1.54, 1.807) is 20.8 Å². The van der Waals surface area contributed by atoms with Gasteiger partial charge in [0.1, 0.15) is 18.2 Å². The Hall–Kier alpha value is -2.12. The topological polar surface area (TPSA) is 92.9 Å². The molecule has 1 aliphatic heterocycles. The second kappa shape index (κ2) is 9.71. The first-order valence-corrected chi connectivity index (χ1v) is 8.75. The summed E-state index contributed by atoms with van der Waals surface area (Å²) in [5.74, 6) is -0.980.